The number of thioether (sulfide) groups is 1. The molecule has 0 radical (unpaired) electrons. The van der Waals surface area contributed by atoms with Gasteiger partial charge in [-0.25, -0.2) is 5.43 Å². The topological polar surface area (TPSA) is 46.4 Å². The molecule has 156 valence electrons. The minimum absolute atomic E-state index is 0.150. The van der Waals surface area contributed by atoms with Crippen LogP contribution in [0.25, 0.3) is 5.69 Å². The molecule has 2 aromatic carbocycles. The molecule has 0 aliphatic carbocycles. The van der Waals surface area contributed by atoms with Gasteiger partial charge in [-0.3, -0.25) is 4.79 Å². The molecule has 0 bridgehead atoms. The third-order valence-electron chi connectivity index (χ3n) is 4.72. The highest BCUT2D eigenvalue weighted by atomic mass is 35.5. The van der Waals surface area contributed by atoms with Crippen LogP contribution in [0, 0.1) is 20.8 Å². The standard InChI is InChI=1S/C23H23Cl2N3OS/c1-14-8-10-19(11-9-14)30-17(4)23(29)27-26-13-18-12-15(2)28(16(18)3)21-7-5-6-20(24)22(21)25/h5-13,17H,1-4H3,(H,27,29)/b26-13-/t17-/m1/s1. The summed E-state index contributed by atoms with van der Waals surface area (Å²) in [6.45, 7) is 7.86. The zero-order valence-corrected chi connectivity index (χ0v) is 19.6. The molecule has 0 saturated carbocycles. The van der Waals surface area contributed by atoms with Crippen molar-refractivity contribution in [1.82, 2.24) is 9.99 Å². The van der Waals surface area contributed by atoms with Gasteiger partial charge >= 0.3 is 0 Å². The fraction of sp³-hybridized carbons (Fsp3) is 0.217. The number of aromatic nitrogens is 1. The average molecular weight is 460 g/mol. The van der Waals surface area contributed by atoms with E-state index in [-0.39, 0.29) is 11.2 Å². The number of nitrogens with one attached hydrogen (secondary N) is 1. The largest absolute Gasteiger partial charge is 0.316 e. The summed E-state index contributed by atoms with van der Waals surface area (Å²) in [6, 6.07) is 15.6. The van der Waals surface area contributed by atoms with Gasteiger partial charge in [0.25, 0.3) is 5.91 Å². The molecule has 0 fully saturated rings. The van der Waals surface area contributed by atoms with Crippen molar-refractivity contribution in [1.29, 1.82) is 0 Å². The Bertz CT molecular complexity index is 1090. The highest BCUT2D eigenvalue weighted by Gasteiger charge is 2.15. The van der Waals surface area contributed by atoms with Gasteiger partial charge in [-0.2, -0.15) is 5.10 Å². The van der Waals surface area contributed by atoms with Crippen molar-refractivity contribution in [3.8, 4) is 5.69 Å². The lowest BCUT2D eigenvalue weighted by Crippen LogP contribution is -2.26. The number of hydrogen-bond acceptors (Lipinski definition) is 3. The molecule has 0 unspecified atom stereocenters. The Kier molecular flexibility index (Phi) is 7.29. The molecule has 3 rings (SSSR count). The van der Waals surface area contributed by atoms with Crippen molar-refractivity contribution >= 4 is 47.1 Å². The van der Waals surface area contributed by atoms with E-state index in [4.69, 9.17) is 23.2 Å². The molecular formula is C23H23Cl2N3OS. The summed E-state index contributed by atoms with van der Waals surface area (Å²) in [4.78, 5) is 13.4. The van der Waals surface area contributed by atoms with E-state index in [1.165, 1.54) is 17.3 Å². The predicted octanol–water partition coefficient (Wildman–Crippen LogP) is 6.34. The van der Waals surface area contributed by atoms with Crippen molar-refractivity contribution in [3.63, 3.8) is 0 Å². The number of amides is 1. The summed E-state index contributed by atoms with van der Waals surface area (Å²) in [5, 5.41) is 4.90. The number of hydrazone groups is 1. The second-order valence-electron chi connectivity index (χ2n) is 7.04. The van der Waals surface area contributed by atoms with Gasteiger partial charge < -0.3 is 4.57 Å². The van der Waals surface area contributed by atoms with Crippen molar-refractivity contribution in [2.24, 2.45) is 5.10 Å². The maximum absolute atomic E-state index is 12.4. The van der Waals surface area contributed by atoms with Crippen LogP contribution in [0.4, 0.5) is 0 Å². The van der Waals surface area contributed by atoms with Gasteiger partial charge in [0.1, 0.15) is 0 Å². The van der Waals surface area contributed by atoms with E-state index in [1.807, 2.05) is 74.7 Å². The van der Waals surface area contributed by atoms with E-state index in [0.717, 1.165) is 27.5 Å². The van der Waals surface area contributed by atoms with Crippen LogP contribution in [-0.2, 0) is 4.79 Å². The van der Waals surface area contributed by atoms with Gasteiger partial charge in [-0.05, 0) is 58.0 Å². The normalized spacial score (nSPS) is 12.3. The highest BCUT2D eigenvalue weighted by Crippen LogP contribution is 2.31. The first kappa shape index (κ1) is 22.5. The summed E-state index contributed by atoms with van der Waals surface area (Å²) in [5.41, 5.74) is 7.48. The molecule has 1 N–H and O–H groups in total. The van der Waals surface area contributed by atoms with Crippen molar-refractivity contribution < 1.29 is 4.79 Å². The highest BCUT2D eigenvalue weighted by molar-refractivity contribution is 8.00. The number of carbonyl (C=O) groups is 1. The Hall–Kier alpha value is -2.21. The molecular weight excluding hydrogens is 437 g/mol. The van der Waals surface area contributed by atoms with Gasteiger partial charge in [0, 0.05) is 21.8 Å². The number of halogens is 2. The van der Waals surface area contributed by atoms with Crippen LogP contribution in [0.1, 0.15) is 29.4 Å². The van der Waals surface area contributed by atoms with Gasteiger partial charge in [-0.1, -0.05) is 47.0 Å². The Balaban J connectivity index is 1.70. The quantitative estimate of drug-likeness (QED) is 0.265. The van der Waals surface area contributed by atoms with E-state index in [2.05, 4.69) is 10.5 Å². The monoisotopic (exact) mass is 459 g/mol. The molecule has 0 spiro atoms. The number of benzene rings is 2. The van der Waals surface area contributed by atoms with E-state index in [1.54, 1.807) is 12.3 Å². The molecule has 1 amide bonds. The van der Waals surface area contributed by atoms with Crippen LogP contribution < -0.4 is 5.43 Å². The fourth-order valence-corrected chi connectivity index (χ4v) is 4.33. The number of aryl methyl sites for hydroxylation is 2. The average Bonchev–Trinajstić information content (AvgIpc) is 2.99. The molecule has 0 saturated heterocycles. The summed E-state index contributed by atoms with van der Waals surface area (Å²) in [6.07, 6.45) is 1.65. The summed E-state index contributed by atoms with van der Waals surface area (Å²) >= 11 is 14.1. The third-order valence-corrected chi connectivity index (χ3v) is 6.64. The molecule has 1 aromatic heterocycles. The van der Waals surface area contributed by atoms with E-state index >= 15 is 0 Å². The zero-order valence-electron chi connectivity index (χ0n) is 17.2. The molecule has 7 heteroatoms. The van der Waals surface area contributed by atoms with Crippen LogP contribution in [0.5, 0.6) is 0 Å². The number of rotatable bonds is 6. The first-order valence-electron chi connectivity index (χ1n) is 9.47. The summed E-state index contributed by atoms with van der Waals surface area (Å²) in [7, 11) is 0. The molecule has 30 heavy (non-hydrogen) atoms. The molecule has 3 aromatic rings. The smallest absolute Gasteiger partial charge is 0.253 e. The lowest BCUT2D eigenvalue weighted by atomic mass is 10.2. The molecule has 0 aliphatic heterocycles. The van der Waals surface area contributed by atoms with E-state index in [0.29, 0.717) is 10.0 Å². The lowest BCUT2D eigenvalue weighted by Gasteiger charge is -2.12. The van der Waals surface area contributed by atoms with Crippen molar-refractivity contribution in [3.05, 3.63) is 81.1 Å². The minimum atomic E-state index is -0.262. The number of nitrogens with zero attached hydrogens (tertiary/aromatic N) is 2. The van der Waals surface area contributed by atoms with Gasteiger partial charge in [0.05, 0.1) is 27.2 Å². The van der Waals surface area contributed by atoms with Crippen LogP contribution in [0.15, 0.2) is 58.5 Å². The molecule has 1 heterocycles. The van der Waals surface area contributed by atoms with E-state index < -0.39 is 0 Å². The summed E-state index contributed by atoms with van der Waals surface area (Å²) in [5.74, 6) is -0.150. The van der Waals surface area contributed by atoms with Crippen LogP contribution >= 0.6 is 35.0 Å². The first-order valence-corrected chi connectivity index (χ1v) is 11.1. The maximum atomic E-state index is 12.4. The second-order valence-corrected chi connectivity index (χ2v) is 9.24. The van der Waals surface area contributed by atoms with Gasteiger partial charge in [0.15, 0.2) is 0 Å². The Labute approximate surface area is 191 Å². The molecule has 4 nitrogen and oxygen atoms in total. The second kappa shape index (κ2) is 9.73. The molecule has 0 aliphatic rings. The predicted molar refractivity (Wildman–Crippen MR) is 127 cm³/mol. The summed E-state index contributed by atoms with van der Waals surface area (Å²) < 4.78 is 2.02. The maximum Gasteiger partial charge on any atom is 0.253 e. The Morgan fingerprint density at radius 2 is 1.83 bits per heavy atom. The SMILES string of the molecule is Cc1ccc(S[C@H](C)C(=O)N/N=C\c2cc(C)n(-c3cccc(Cl)c3Cl)c2C)cc1. The van der Waals surface area contributed by atoms with Crippen LogP contribution in [-0.4, -0.2) is 21.9 Å². The van der Waals surface area contributed by atoms with Crippen LogP contribution in [0.3, 0.4) is 0 Å². The third kappa shape index (κ3) is 5.09. The van der Waals surface area contributed by atoms with Crippen LogP contribution in [0.2, 0.25) is 10.0 Å². The zero-order chi connectivity index (χ0) is 21.8. The lowest BCUT2D eigenvalue weighted by molar-refractivity contribution is -0.120. The van der Waals surface area contributed by atoms with Crippen molar-refractivity contribution in [2.75, 3.05) is 0 Å². The minimum Gasteiger partial charge on any atom is -0.316 e. The van der Waals surface area contributed by atoms with Gasteiger partial charge in [-0.15, -0.1) is 11.8 Å². The number of carbonyl (C=O) groups excluding carboxylic acids is 1. The number of hydrogen-bond donors (Lipinski definition) is 1. The molecule has 1 atom stereocenters. The van der Waals surface area contributed by atoms with Crippen molar-refractivity contribution in [2.45, 2.75) is 37.8 Å². The fourth-order valence-electron chi connectivity index (χ4n) is 3.08. The van der Waals surface area contributed by atoms with E-state index in [9.17, 15) is 4.79 Å². The first-order chi connectivity index (χ1) is 14.3. The Morgan fingerprint density at radius 1 is 1.13 bits per heavy atom. The Morgan fingerprint density at radius 3 is 2.53 bits per heavy atom. The van der Waals surface area contributed by atoms with Gasteiger partial charge in [0.2, 0.25) is 0 Å².